The third-order valence-electron chi connectivity index (χ3n) is 5.42. The Morgan fingerprint density at radius 2 is 1.90 bits per heavy atom. The number of aromatic nitrogens is 1. The Morgan fingerprint density at radius 1 is 1.17 bits per heavy atom. The summed E-state index contributed by atoms with van der Waals surface area (Å²) in [7, 11) is -1.82. The first-order chi connectivity index (χ1) is 14.3. The van der Waals surface area contributed by atoms with Crippen LogP contribution in [0.4, 0.5) is 4.39 Å². The molecule has 2 heterocycles. The number of fused-ring (bicyclic) bond motifs is 1. The number of piperidine rings is 1. The first kappa shape index (κ1) is 20.9. The molecule has 1 saturated heterocycles. The zero-order chi connectivity index (χ0) is 21.5. The highest BCUT2D eigenvalue weighted by atomic mass is 32.2. The van der Waals surface area contributed by atoms with Gasteiger partial charge in [-0.15, -0.1) is 0 Å². The van der Waals surface area contributed by atoms with Crippen molar-refractivity contribution < 1.29 is 17.6 Å². The molecule has 0 bridgehead atoms. The highest BCUT2D eigenvalue weighted by molar-refractivity contribution is 7.89. The molecule has 3 aromatic rings. The summed E-state index contributed by atoms with van der Waals surface area (Å²) in [5.41, 5.74) is 1.08. The molecule has 1 aromatic heterocycles. The monoisotopic (exact) mass is 447 g/mol. The van der Waals surface area contributed by atoms with E-state index in [1.807, 2.05) is 6.92 Å². The van der Waals surface area contributed by atoms with Crippen LogP contribution in [0.25, 0.3) is 10.2 Å². The van der Waals surface area contributed by atoms with Gasteiger partial charge in [0.2, 0.25) is 10.0 Å². The Labute approximate surface area is 178 Å². The predicted octanol–water partition coefficient (Wildman–Crippen LogP) is 3.68. The van der Waals surface area contributed by atoms with Crippen molar-refractivity contribution in [1.29, 1.82) is 0 Å². The fourth-order valence-corrected chi connectivity index (χ4v) is 6.44. The van der Waals surface area contributed by atoms with Crippen LogP contribution in [0.15, 0.2) is 52.4 Å². The summed E-state index contributed by atoms with van der Waals surface area (Å²) in [5, 5.41) is 0. The second kappa shape index (κ2) is 8.05. The van der Waals surface area contributed by atoms with Gasteiger partial charge in [-0.2, -0.15) is 9.30 Å². The summed E-state index contributed by atoms with van der Waals surface area (Å²) in [6.07, 6.45) is 2.74. The molecule has 6 nitrogen and oxygen atoms in total. The van der Waals surface area contributed by atoms with Gasteiger partial charge in [0, 0.05) is 25.2 Å². The van der Waals surface area contributed by atoms with Crippen molar-refractivity contribution in [2.45, 2.75) is 37.1 Å². The van der Waals surface area contributed by atoms with Crippen LogP contribution in [-0.2, 0) is 17.1 Å². The molecule has 0 spiro atoms. The SMILES string of the molecule is C[C@@H]1CCCCN1S(=O)(=O)c1ccc(C(=O)N=c2sc3cc(F)ccc3n2C)cc1. The van der Waals surface area contributed by atoms with E-state index >= 15 is 0 Å². The Hall–Kier alpha value is -2.36. The minimum Gasteiger partial charge on any atom is -0.319 e. The summed E-state index contributed by atoms with van der Waals surface area (Å²) in [6.45, 7) is 2.44. The Balaban J connectivity index is 1.62. The zero-order valence-corrected chi connectivity index (χ0v) is 18.3. The van der Waals surface area contributed by atoms with E-state index in [-0.39, 0.29) is 16.8 Å². The average molecular weight is 448 g/mol. The molecule has 1 aliphatic rings. The number of carbonyl (C=O) groups excluding carboxylic acids is 1. The maximum atomic E-state index is 13.4. The second-order valence-electron chi connectivity index (χ2n) is 7.46. The van der Waals surface area contributed by atoms with E-state index in [0.717, 1.165) is 24.8 Å². The molecule has 1 atom stereocenters. The number of halogens is 1. The topological polar surface area (TPSA) is 71.7 Å². The first-order valence-electron chi connectivity index (χ1n) is 9.73. The standard InChI is InChI=1S/C21H22FN3O3S2/c1-14-5-3-4-12-25(14)30(27,28)17-9-6-15(7-10-17)20(26)23-21-24(2)18-11-8-16(22)13-19(18)29-21/h6-11,13-14H,3-5,12H2,1-2H3/t14-/m1/s1. The van der Waals surface area contributed by atoms with Crippen molar-refractivity contribution in [3.63, 3.8) is 0 Å². The number of carbonyl (C=O) groups is 1. The van der Waals surface area contributed by atoms with Crippen LogP contribution < -0.4 is 4.80 Å². The fourth-order valence-electron chi connectivity index (χ4n) is 3.70. The van der Waals surface area contributed by atoms with Crippen LogP contribution >= 0.6 is 11.3 Å². The minimum absolute atomic E-state index is 0.0298. The number of nitrogens with zero attached hydrogens (tertiary/aromatic N) is 3. The van der Waals surface area contributed by atoms with Crippen LogP contribution in [0.5, 0.6) is 0 Å². The maximum absolute atomic E-state index is 13.4. The summed E-state index contributed by atoms with van der Waals surface area (Å²) in [5.74, 6) is -0.824. The van der Waals surface area contributed by atoms with E-state index in [0.29, 0.717) is 21.6 Å². The van der Waals surface area contributed by atoms with E-state index in [1.54, 1.807) is 17.7 Å². The van der Waals surface area contributed by atoms with Gasteiger partial charge in [0.1, 0.15) is 5.82 Å². The van der Waals surface area contributed by atoms with Gasteiger partial charge in [0.15, 0.2) is 4.80 Å². The number of thiazole rings is 1. The Kier molecular flexibility index (Phi) is 5.61. The van der Waals surface area contributed by atoms with Crippen LogP contribution in [0.2, 0.25) is 0 Å². The molecule has 2 aromatic carbocycles. The third-order valence-corrected chi connectivity index (χ3v) is 8.54. The first-order valence-corrected chi connectivity index (χ1v) is 12.0. The summed E-state index contributed by atoms with van der Waals surface area (Å²) in [6, 6.07) is 10.3. The molecule has 1 amide bonds. The van der Waals surface area contributed by atoms with Crippen molar-refractivity contribution in [3.05, 3.63) is 58.6 Å². The second-order valence-corrected chi connectivity index (χ2v) is 10.4. The van der Waals surface area contributed by atoms with Crippen molar-refractivity contribution in [1.82, 2.24) is 8.87 Å². The molecule has 158 valence electrons. The molecule has 0 unspecified atom stereocenters. The number of rotatable bonds is 3. The van der Waals surface area contributed by atoms with Crippen LogP contribution in [0.1, 0.15) is 36.5 Å². The van der Waals surface area contributed by atoms with Gasteiger partial charge < -0.3 is 4.57 Å². The highest BCUT2D eigenvalue weighted by Crippen LogP contribution is 2.25. The minimum atomic E-state index is -3.59. The highest BCUT2D eigenvalue weighted by Gasteiger charge is 2.30. The van der Waals surface area contributed by atoms with E-state index in [1.165, 1.54) is 52.0 Å². The zero-order valence-electron chi connectivity index (χ0n) is 16.7. The molecule has 0 N–H and O–H groups in total. The molecule has 1 fully saturated rings. The molecule has 1 aliphatic heterocycles. The van der Waals surface area contributed by atoms with Gasteiger partial charge in [-0.3, -0.25) is 4.79 Å². The predicted molar refractivity (Wildman–Crippen MR) is 114 cm³/mol. The average Bonchev–Trinajstić information content (AvgIpc) is 3.02. The van der Waals surface area contributed by atoms with Gasteiger partial charge in [0.05, 0.1) is 15.1 Å². The van der Waals surface area contributed by atoms with Gasteiger partial charge in [0.25, 0.3) is 5.91 Å². The molecular weight excluding hydrogens is 425 g/mol. The van der Waals surface area contributed by atoms with E-state index < -0.39 is 15.9 Å². The lowest BCUT2D eigenvalue weighted by molar-refractivity contribution is 0.0998. The number of amides is 1. The van der Waals surface area contributed by atoms with Crippen molar-refractivity contribution in [3.8, 4) is 0 Å². The molecule has 30 heavy (non-hydrogen) atoms. The van der Waals surface area contributed by atoms with E-state index in [4.69, 9.17) is 0 Å². The molecule has 0 aliphatic carbocycles. The van der Waals surface area contributed by atoms with Crippen LogP contribution in [0.3, 0.4) is 0 Å². The van der Waals surface area contributed by atoms with Crippen molar-refractivity contribution in [2.75, 3.05) is 6.54 Å². The Bertz CT molecular complexity index is 1280. The van der Waals surface area contributed by atoms with E-state index in [9.17, 15) is 17.6 Å². The lowest BCUT2D eigenvalue weighted by Crippen LogP contribution is -2.41. The lowest BCUT2D eigenvalue weighted by Gasteiger charge is -2.32. The molecule has 9 heteroatoms. The molecule has 0 radical (unpaired) electrons. The molecule has 0 saturated carbocycles. The largest absolute Gasteiger partial charge is 0.319 e. The number of benzene rings is 2. The molecule has 4 rings (SSSR count). The van der Waals surface area contributed by atoms with Gasteiger partial charge in [-0.05, 0) is 62.2 Å². The number of hydrogen-bond donors (Lipinski definition) is 0. The number of hydrogen-bond acceptors (Lipinski definition) is 4. The Morgan fingerprint density at radius 3 is 2.60 bits per heavy atom. The van der Waals surface area contributed by atoms with Crippen molar-refractivity contribution in [2.24, 2.45) is 12.0 Å². The lowest BCUT2D eigenvalue weighted by atomic mass is 10.1. The number of aryl methyl sites for hydroxylation is 1. The van der Waals surface area contributed by atoms with Gasteiger partial charge in [-0.1, -0.05) is 17.8 Å². The van der Waals surface area contributed by atoms with Gasteiger partial charge >= 0.3 is 0 Å². The van der Waals surface area contributed by atoms with Crippen LogP contribution in [-0.4, -0.2) is 35.8 Å². The summed E-state index contributed by atoms with van der Waals surface area (Å²) >= 11 is 1.22. The third kappa shape index (κ3) is 3.84. The molecular formula is C21H22FN3O3S2. The maximum Gasteiger partial charge on any atom is 0.279 e. The van der Waals surface area contributed by atoms with E-state index in [2.05, 4.69) is 4.99 Å². The van der Waals surface area contributed by atoms with Crippen LogP contribution in [0, 0.1) is 5.82 Å². The summed E-state index contributed by atoms with van der Waals surface area (Å²) < 4.78 is 43.3. The van der Waals surface area contributed by atoms with Crippen molar-refractivity contribution >= 4 is 37.5 Å². The van der Waals surface area contributed by atoms with Gasteiger partial charge in [-0.25, -0.2) is 12.8 Å². The number of sulfonamides is 1. The smallest absolute Gasteiger partial charge is 0.279 e. The quantitative estimate of drug-likeness (QED) is 0.615. The summed E-state index contributed by atoms with van der Waals surface area (Å²) in [4.78, 5) is 17.4. The normalized spacial score (nSPS) is 18.8. The fraction of sp³-hybridized carbons (Fsp3) is 0.333.